The molecule has 0 bridgehead atoms. The molecule has 3 nitrogen and oxygen atoms in total. The summed E-state index contributed by atoms with van der Waals surface area (Å²) in [6, 6.07) is 9.28. The van der Waals surface area contributed by atoms with E-state index in [1.54, 1.807) is 11.8 Å². The third-order valence-electron chi connectivity index (χ3n) is 3.02. The minimum Gasteiger partial charge on any atom is -0.398 e. The Kier molecular flexibility index (Phi) is 5.69. The van der Waals surface area contributed by atoms with Crippen molar-refractivity contribution in [3.63, 3.8) is 0 Å². The first kappa shape index (κ1) is 16.6. The van der Waals surface area contributed by atoms with E-state index < -0.39 is 11.7 Å². The Bertz CT molecular complexity index is 694. The van der Waals surface area contributed by atoms with E-state index in [0.717, 1.165) is 22.3 Å². The number of thioether (sulfide) groups is 1. The molecule has 0 aliphatic carbocycles. The Morgan fingerprint density at radius 1 is 1.32 bits per heavy atom. The van der Waals surface area contributed by atoms with Crippen LogP contribution in [0.5, 0.6) is 0 Å². The van der Waals surface area contributed by atoms with E-state index in [2.05, 4.69) is 12.2 Å². The third kappa shape index (κ3) is 4.15. The molecule has 0 radical (unpaired) electrons. The summed E-state index contributed by atoms with van der Waals surface area (Å²) >= 11 is 7.67. The minimum absolute atomic E-state index is 0.131. The lowest BCUT2D eigenvalue weighted by atomic mass is 10.1. The summed E-state index contributed by atoms with van der Waals surface area (Å²) in [6.07, 6.45) is 0. The molecule has 0 aliphatic heterocycles. The number of nitrogens with one attached hydrogen (secondary N) is 1. The van der Waals surface area contributed by atoms with Gasteiger partial charge in [-0.25, -0.2) is 4.39 Å². The molecule has 116 valence electrons. The average Bonchev–Trinajstić information content (AvgIpc) is 2.49. The first-order chi connectivity index (χ1) is 10.5. The molecule has 0 aliphatic rings. The van der Waals surface area contributed by atoms with Gasteiger partial charge in [0.2, 0.25) is 0 Å². The molecule has 0 fully saturated rings. The fourth-order valence-corrected chi connectivity index (χ4v) is 2.96. The summed E-state index contributed by atoms with van der Waals surface area (Å²) in [4.78, 5) is 13.2. The Morgan fingerprint density at radius 2 is 2.09 bits per heavy atom. The van der Waals surface area contributed by atoms with Crippen LogP contribution in [-0.2, 0) is 6.54 Å². The highest BCUT2D eigenvalue weighted by atomic mass is 35.5. The molecular formula is C16H16ClFN2OS. The van der Waals surface area contributed by atoms with Gasteiger partial charge in [-0.2, -0.15) is 0 Å². The van der Waals surface area contributed by atoms with Gasteiger partial charge in [-0.15, -0.1) is 11.8 Å². The molecule has 0 spiro atoms. The van der Waals surface area contributed by atoms with Crippen LogP contribution < -0.4 is 11.1 Å². The molecule has 2 aromatic rings. The van der Waals surface area contributed by atoms with E-state index in [1.165, 1.54) is 12.1 Å². The van der Waals surface area contributed by atoms with Crippen molar-refractivity contribution in [2.75, 3.05) is 11.5 Å². The van der Waals surface area contributed by atoms with Gasteiger partial charge in [0, 0.05) is 22.2 Å². The third-order valence-corrected chi connectivity index (χ3v) is 4.25. The van der Waals surface area contributed by atoms with Crippen molar-refractivity contribution in [3.05, 3.63) is 58.4 Å². The van der Waals surface area contributed by atoms with E-state index in [-0.39, 0.29) is 11.3 Å². The van der Waals surface area contributed by atoms with Crippen LogP contribution in [0.1, 0.15) is 22.8 Å². The van der Waals surface area contributed by atoms with Crippen molar-refractivity contribution in [1.29, 1.82) is 0 Å². The molecule has 0 heterocycles. The van der Waals surface area contributed by atoms with Gasteiger partial charge >= 0.3 is 0 Å². The maximum atomic E-state index is 13.2. The van der Waals surface area contributed by atoms with Crippen LogP contribution in [0.4, 0.5) is 10.1 Å². The number of carbonyl (C=O) groups is 1. The van der Waals surface area contributed by atoms with Gasteiger partial charge in [0.15, 0.2) is 0 Å². The molecule has 0 aromatic heterocycles. The van der Waals surface area contributed by atoms with E-state index >= 15 is 0 Å². The van der Waals surface area contributed by atoms with Crippen molar-refractivity contribution in [3.8, 4) is 0 Å². The van der Waals surface area contributed by atoms with Gasteiger partial charge in [0.1, 0.15) is 5.82 Å². The average molecular weight is 339 g/mol. The monoisotopic (exact) mass is 338 g/mol. The lowest BCUT2D eigenvalue weighted by molar-refractivity contribution is 0.0951. The Morgan fingerprint density at radius 3 is 2.82 bits per heavy atom. The van der Waals surface area contributed by atoms with Crippen molar-refractivity contribution in [2.24, 2.45) is 0 Å². The zero-order valence-electron chi connectivity index (χ0n) is 12.0. The number of nitrogens with two attached hydrogens (primary N) is 1. The summed E-state index contributed by atoms with van der Waals surface area (Å²) in [5, 5.41) is 3.36. The normalized spacial score (nSPS) is 10.5. The number of anilines is 1. The summed E-state index contributed by atoms with van der Waals surface area (Å²) in [5.41, 5.74) is 7.00. The first-order valence-electron chi connectivity index (χ1n) is 6.75. The highest BCUT2D eigenvalue weighted by Crippen LogP contribution is 2.25. The number of hydrogen-bond acceptors (Lipinski definition) is 3. The highest BCUT2D eigenvalue weighted by Gasteiger charge is 2.12. The van der Waals surface area contributed by atoms with E-state index in [9.17, 15) is 9.18 Å². The van der Waals surface area contributed by atoms with Crippen LogP contribution in [-0.4, -0.2) is 11.7 Å². The summed E-state index contributed by atoms with van der Waals surface area (Å²) in [6.45, 7) is 2.35. The maximum Gasteiger partial charge on any atom is 0.253 e. The maximum absolute atomic E-state index is 13.2. The van der Waals surface area contributed by atoms with Crippen LogP contribution in [0.25, 0.3) is 0 Å². The van der Waals surface area contributed by atoms with Crippen molar-refractivity contribution in [2.45, 2.75) is 18.4 Å². The van der Waals surface area contributed by atoms with Crippen LogP contribution in [0.3, 0.4) is 0 Å². The fourth-order valence-electron chi connectivity index (χ4n) is 1.98. The Hall–Kier alpha value is -1.72. The molecular weight excluding hydrogens is 323 g/mol. The zero-order chi connectivity index (χ0) is 16.1. The number of amides is 1. The number of halogens is 2. The minimum atomic E-state index is -0.496. The van der Waals surface area contributed by atoms with Gasteiger partial charge in [0.05, 0.1) is 5.56 Å². The second-order valence-electron chi connectivity index (χ2n) is 4.60. The molecule has 1 amide bonds. The van der Waals surface area contributed by atoms with Crippen LogP contribution in [0.15, 0.2) is 41.3 Å². The number of benzene rings is 2. The lowest BCUT2D eigenvalue weighted by Gasteiger charge is -2.11. The molecule has 0 saturated heterocycles. The molecule has 6 heteroatoms. The number of rotatable bonds is 5. The Balaban J connectivity index is 2.14. The standard InChI is InChI=1S/C16H16ClFN2OS/c1-2-22-15-6-3-11(17)7-10(15)9-20-16(21)13-8-12(18)4-5-14(13)19/h3-8H,2,9,19H2,1H3,(H,20,21). The summed E-state index contributed by atoms with van der Waals surface area (Å²) in [5.74, 6) is 0.00754. The molecule has 2 rings (SSSR count). The number of carbonyl (C=O) groups excluding carboxylic acids is 1. The predicted molar refractivity (Wildman–Crippen MR) is 89.8 cm³/mol. The SMILES string of the molecule is CCSc1ccc(Cl)cc1CNC(=O)c1cc(F)ccc1N. The zero-order valence-corrected chi connectivity index (χ0v) is 13.6. The van der Waals surface area contributed by atoms with Gasteiger partial charge in [-0.3, -0.25) is 4.79 Å². The molecule has 0 atom stereocenters. The van der Waals surface area contributed by atoms with E-state index in [4.69, 9.17) is 17.3 Å². The Labute approximate surface area is 138 Å². The van der Waals surface area contributed by atoms with Crippen LogP contribution in [0.2, 0.25) is 5.02 Å². The smallest absolute Gasteiger partial charge is 0.253 e. The van der Waals surface area contributed by atoms with E-state index in [1.807, 2.05) is 18.2 Å². The molecule has 22 heavy (non-hydrogen) atoms. The van der Waals surface area contributed by atoms with Gasteiger partial charge in [-0.1, -0.05) is 18.5 Å². The number of nitrogen functional groups attached to an aromatic ring is 1. The number of hydrogen-bond donors (Lipinski definition) is 2. The van der Waals surface area contributed by atoms with Crippen LogP contribution in [0, 0.1) is 5.82 Å². The van der Waals surface area contributed by atoms with E-state index in [0.29, 0.717) is 11.6 Å². The molecule has 0 unspecified atom stereocenters. The second-order valence-corrected chi connectivity index (χ2v) is 6.34. The second kappa shape index (κ2) is 7.51. The quantitative estimate of drug-likeness (QED) is 0.637. The topological polar surface area (TPSA) is 55.1 Å². The largest absolute Gasteiger partial charge is 0.398 e. The lowest BCUT2D eigenvalue weighted by Crippen LogP contribution is -2.24. The van der Waals surface area contributed by atoms with Gasteiger partial charge in [0.25, 0.3) is 5.91 Å². The molecule has 3 N–H and O–H groups in total. The molecule has 2 aromatic carbocycles. The molecule has 0 saturated carbocycles. The fraction of sp³-hybridized carbons (Fsp3) is 0.188. The van der Waals surface area contributed by atoms with Crippen LogP contribution >= 0.6 is 23.4 Å². The predicted octanol–water partition coefficient (Wildman–Crippen LogP) is 4.10. The van der Waals surface area contributed by atoms with Crippen molar-refractivity contribution in [1.82, 2.24) is 5.32 Å². The van der Waals surface area contributed by atoms with Gasteiger partial charge < -0.3 is 11.1 Å². The summed E-state index contributed by atoms with van der Waals surface area (Å²) in [7, 11) is 0. The highest BCUT2D eigenvalue weighted by molar-refractivity contribution is 7.99. The first-order valence-corrected chi connectivity index (χ1v) is 8.12. The van der Waals surface area contributed by atoms with Crippen molar-refractivity contribution >= 4 is 35.0 Å². The van der Waals surface area contributed by atoms with Gasteiger partial charge in [-0.05, 0) is 47.7 Å². The summed E-state index contributed by atoms with van der Waals surface area (Å²) < 4.78 is 13.2. The van der Waals surface area contributed by atoms with Crippen molar-refractivity contribution < 1.29 is 9.18 Å².